The molecule has 0 saturated heterocycles. The van der Waals surface area contributed by atoms with E-state index in [4.69, 9.17) is 11.6 Å². The van der Waals surface area contributed by atoms with E-state index in [2.05, 4.69) is 4.98 Å². The number of hydrogen-bond acceptors (Lipinski definition) is 1. The van der Waals surface area contributed by atoms with E-state index in [-0.39, 0.29) is 11.9 Å². The first-order chi connectivity index (χ1) is 7.59. The van der Waals surface area contributed by atoms with Crippen LogP contribution in [0.1, 0.15) is 19.9 Å². The first-order valence-corrected chi connectivity index (χ1v) is 5.46. The molecule has 0 aliphatic carbocycles. The minimum Gasteiger partial charge on any atom is -0.313 e. The molecule has 0 aliphatic rings. The Morgan fingerprint density at radius 1 is 1.25 bits per heavy atom. The van der Waals surface area contributed by atoms with E-state index in [9.17, 15) is 4.39 Å². The molecule has 0 bridgehead atoms. The molecular formula is C12H12ClFN2. The van der Waals surface area contributed by atoms with Crippen molar-refractivity contribution in [1.29, 1.82) is 0 Å². The van der Waals surface area contributed by atoms with Crippen LogP contribution >= 0.6 is 11.6 Å². The van der Waals surface area contributed by atoms with Gasteiger partial charge in [0.05, 0.1) is 6.20 Å². The lowest BCUT2D eigenvalue weighted by Gasteiger charge is -2.12. The van der Waals surface area contributed by atoms with Crippen LogP contribution in [0.3, 0.4) is 0 Å². The summed E-state index contributed by atoms with van der Waals surface area (Å²) in [5.74, 6) is 0.512. The third kappa shape index (κ3) is 1.95. The molecule has 4 heteroatoms. The fraction of sp³-hybridized carbons (Fsp3) is 0.250. The third-order valence-electron chi connectivity index (χ3n) is 2.37. The third-order valence-corrected chi connectivity index (χ3v) is 2.65. The molecule has 0 amide bonds. The van der Waals surface area contributed by atoms with Gasteiger partial charge >= 0.3 is 0 Å². The first kappa shape index (κ1) is 11.1. The Labute approximate surface area is 98.7 Å². The van der Waals surface area contributed by atoms with Gasteiger partial charge in [0.25, 0.3) is 0 Å². The van der Waals surface area contributed by atoms with Gasteiger partial charge in [-0.15, -0.1) is 0 Å². The maximum Gasteiger partial charge on any atom is 0.141 e. The van der Waals surface area contributed by atoms with Crippen LogP contribution in [-0.2, 0) is 0 Å². The predicted octanol–water partition coefficient (Wildman–Crippen LogP) is 3.92. The van der Waals surface area contributed by atoms with Crippen molar-refractivity contribution >= 4 is 11.6 Å². The number of halogens is 2. The van der Waals surface area contributed by atoms with Crippen molar-refractivity contribution < 1.29 is 4.39 Å². The molecule has 84 valence electrons. The summed E-state index contributed by atoms with van der Waals surface area (Å²) in [5, 5.41) is 0.592. The van der Waals surface area contributed by atoms with Gasteiger partial charge in [0.15, 0.2) is 0 Å². The lowest BCUT2D eigenvalue weighted by atomic mass is 10.2. The Bertz CT molecular complexity index is 488. The van der Waals surface area contributed by atoms with Crippen molar-refractivity contribution in [3.05, 3.63) is 41.4 Å². The monoisotopic (exact) mass is 238 g/mol. The van der Waals surface area contributed by atoms with Crippen molar-refractivity contribution in [3.63, 3.8) is 0 Å². The van der Waals surface area contributed by atoms with Crippen LogP contribution < -0.4 is 0 Å². The van der Waals surface area contributed by atoms with Gasteiger partial charge in [-0.1, -0.05) is 11.6 Å². The van der Waals surface area contributed by atoms with E-state index < -0.39 is 0 Å². The SMILES string of the molecule is CC(C)n1c(Cl)cnc1-c1ccc(F)cc1. The maximum atomic E-state index is 12.8. The van der Waals surface area contributed by atoms with Gasteiger partial charge in [-0.25, -0.2) is 9.37 Å². The quantitative estimate of drug-likeness (QED) is 0.775. The molecule has 0 fully saturated rings. The van der Waals surface area contributed by atoms with Crippen LogP contribution in [0.25, 0.3) is 11.4 Å². The maximum absolute atomic E-state index is 12.8. The summed E-state index contributed by atoms with van der Waals surface area (Å²) >= 11 is 6.05. The average Bonchev–Trinajstić information content (AvgIpc) is 2.61. The highest BCUT2D eigenvalue weighted by Gasteiger charge is 2.12. The Kier molecular flexibility index (Phi) is 2.97. The van der Waals surface area contributed by atoms with Gasteiger partial charge in [-0.2, -0.15) is 0 Å². The average molecular weight is 239 g/mol. The van der Waals surface area contributed by atoms with Crippen LogP contribution in [0, 0.1) is 5.82 Å². The highest BCUT2D eigenvalue weighted by molar-refractivity contribution is 6.29. The fourth-order valence-electron chi connectivity index (χ4n) is 1.64. The number of benzene rings is 1. The molecule has 0 radical (unpaired) electrons. The van der Waals surface area contributed by atoms with E-state index in [1.165, 1.54) is 12.1 Å². The van der Waals surface area contributed by atoms with E-state index >= 15 is 0 Å². The molecule has 0 N–H and O–H groups in total. The van der Waals surface area contributed by atoms with Gasteiger partial charge in [-0.05, 0) is 38.1 Å². The molecule has 2 rings (SSSR count). The van der Waals surface area contributed by atoms with Crippen LogP contribution in [0.5, 0.6) is 0 Å². The summed E-state index contributed by atoms with van der Waals surface area (Å²) in [7, 11) is 0. The first-order valence-electron chi connectivity index (χ1n) is 5.08. The summed E-state index contributed by atoms with van der Waals surface area (Å²) in [6.07, 6.45) is 1.61. The van der Waals surface area contributed by atoms with Crippen LogP contribution in [0.2, 0.25) is 5.15 Å². The van der Waals surface area contributed by atoms with Gasteiger partial charge < -0.3 is 4.57 Å². The van der Waals surface area contributed by atoms with Crippen molar-refractivity contribution in [2.24, 2.45) is 0 Å². The molecule has 0 aliphatic heterocycles. The van der Waals surface area contributed by atoms with Crippen molar-refractivity contribution in [2.45, 2.75) is 19.9 Å². The van der Waals surface area contributed by atoms with Crippen molar-refractivity contribution in [2.75, 3.05) is 0 Å². The molecule has 0 unspecified atom stereocenters. The second-order valence-corrected chi connectivity index (χ2v) is 4.26. The van der Waals surface area contributed by atoms with Crippen LogP contribution in [-0.4, -0.2) is 9.55 Å². The lowest BCUT2D eigenvalue weighted by Crippen LogP contribution is -2.03. The molecule has 0 atom stereocenters. The summed E-state index contributed by atoms with van der Waals surface area (Å²) in [4.78, 5) is 4.25. The summed E-state index contributed by atoms with van der Waals surface area (Å²) < 4.78 is 14.7. The van der Waals surface area contributed by atoms with Crippen LogP contribution in [0.4, 0.5) is 4.39 Å². The van der Waals surface area contributed by atoms with Gasteiger partial charge in [-0.3, -0.25) is 0 Å². The minimum atomic E-state index is -0.252. The Morgan fingerprint density at radius 2 is 1.88 bits per heavy atom. The molecule has 0 saturated carbocycles. The highest BCUT2D eigenvalue weighted by Crippen LogP contribution is 2.26. The minimum absolute atomic E-state index is 0.218. The standard InChI is InChI=1S/C12H12ClFN2/c1-8(2)16-11(13)7-15-12(16)9-3-5-10(14)6-4-9/h3-8H,1-2H3. The molecule has 1 aromatic heterocycles. The number of rotatable bonds is 2. The summed E-state index contributed by atoms with van der Waals surface area (Å²) in [6.45, 7) is 4.06. The second-order valence-electron chi connectivity index (χ2n) is 3.88. The molecule has 1 aromatic carbocycles. The van der Waals surface area contributed by atoms with Gasteiger partial charge in [0.1, 0.15) is 16.8 Å². The smallest absolute Gasteiger partial charge is 0.141 e. The normalized spacial score (nSPS) is 11.1. The zero-order chi connectivity index (χ0) is 11.7. The molecule has 2 nitrogen and oxygen atoms in total. The van der Waals surface area contributed by atoms with Crippen LogP contribution in [0.15, 0.2) is 30.5 Å². The Hall–Kier alpha value is -1.35. The predicted molar refractivity (Wildman–Crippen MR) is 63.0 cm³/mol. The van der Waals surface area contributed by atoms with E-state index in [0.29, 0.717) is 5.15 Å². The molecule has 1 heterocycles. The zero-order valence-electron chi connectivity index (χ0n) is 9.11. The highest BCUT2D eigenvalue weighted by atomic mass is 35.5. The molecule has 16 heavy (non-hydrogen) atoms. The van der Waals surface area contributed by atoms with E-state index in [1.807, 2.05) is 18.4 Å². The fourth-order valence-corrected chi connectivity index (χ4v) is 1.97. The largest absolute Gasteiger partial charge is 0.313 e. The number of imidazole rings is 1. The topological polar surface area (TPSA) is 17.8 Å². The zero-order valence-corrected chi connectivity index (χ0v) is 9.87. The van der Waals surface area contributed by atoms with Crippen molar-refractivity contribution in [3.8, 4) is 11.4 Å². The summed E-state index contributed by atoms with van der Waals surface area (Å²) in [6, 6.07) is 6.46. The molecule has 0 spiro atoms. The Morgan fingerprint density at radius 3 is 2.44 bits per heavy atom. The number of aromatic nitrogens is 2. The van der Waals surface area contributed by atoms with E-state index in [0.717, 1.165) is 11.4 Å². The Balaban J connectivity index is 2.52. The molecule has 2 aromatic rings. The lowest BCUT2D eigenvalue weighted by molar-refractivity contribution is 0.606. The summed E-state index contributed by atoms with van der Waals surface area (Å²) in [5.41, 5.74) is 0.863. The number of hydrogen-bond donors (Lipinski definition) is 0. The van der Waals surface area contributed by atoms with E-state index in [1.54, 1.807) is 18.3 Å². The van der Waals surface area contributed by atoms with Gasteiger partial charge in [0, 0.05) is 11.6 Å². The second kappa shape index (κ2) is 4.26. The number of nitrogens with zero attached hydrogens (tertiary/aromatic N) is 2. The van der Waals surface area contributed by atoms with Crippen molar-refractivity contribution in [1.82, 2.24) is 9.55 Å². The molecular weight excluding hydrogens is 227 g/mol. The van der Waals surface area contributed by atoms with Gasteiger partial charge in [0.2, 0.25) is 0 Å².